The van der Waals surface area contributed by atoms with Gasteiger partial charge in [-0.05, 0) is 27.2 Å². The molecule has 0 radical (unpaired) electrons. The number of amides is 1. The Bertz CT molecular complexity index is 355. The van der Waals surface area contributed by atoms with Crippen molar-refractivity contribution in [3.63, 3.8) is 0 Å². The largest absolute Gasteiger partial charge is 0.444 e. The van der Waals surface area contributed by atoms with Gasteiger partial charge in [0, 0.05) is 32.7 Å². The van der Waals surface area contributed by atoms with Gasteiger partial charge in [-0.2, -0.15) is 0 Å². The highest BCUT2D eigenvalue weighted by molar-refractivity contribution is 5.78. The Morgan fingerprint density at radius 1 is 1.14 bits per heavy atom. The molecular weight excluding hydrogens is 268 g/mol. The summed E-state index contributed by atoms with van der Waals surface area (Å²) in [7, 11) is 0. The third-order valence-electron chi connectivity index (χ3n) is 3.29. The second kappa shape index (κ2) is 8.10. The molecule has 0 bridgehead atoms. The summed E-state index contributed by atoms with van der Waals surface area (Å²) in [5.41, 5.74) is 5.54. The summed E-state index contributed by atoms with van der Waals surface area (Å²) in [5, 5.41) is 0. The molecular formula is C15H30N4O2. The van der Waals surface area contributed by atoms with Crippen molar-refractivity contribution in [1.82, 2.24) is 9.80 Å². The van der Waals surface area contributed by atoms with Gasteiger partial charge >= 0.3 is 6.09 Å². The van der Waals surface area contributed by atoms with Crippen molar-refractivity contribution in [1.29, 1.82) is 0 Å². The zero-order valence-corrected chi connectivity index (χ0v) is 13.9. The molecule has 0 unspecified atom stereocenters. The first-order valence-electron chi connectivity index (χ1n) is 7.86. The minimum Gasteiger partial charge on any atom is -0.444 e. The van der Waals surface area contributed by atoms with Crippen molar-refractivity contribution < 1.29 is 9.53 Å². The van der Waals surface area contributed by atoms with Crippen molar-refractivity contribution in [2.24, 2.45) is 10.7 Å². The fraction of sp³-hybridized carbons (Fsp3) is 0.867. The van der Waals surface area contributed by atoms with Crippen LogP contribution in [-0.4, -0.2) is 60.2 Å². The van der Waals surface area contributed by atoms with Gasteiger partial charge in [-0.3, -0.25) is 4.99 Å². The van der Waals surface area contributed by atoms with E-state index in [1.54, 1.807) is 4.90 Å². The van der Waals surface area contributed by atoms with Crippen LogP contribution in [0.1, 0.15) is 47.0 Å². The van der Waals surface area contributed by atoms with Gasteiger partial charge < -0.3 is 20.3 Å². The highest BCUT2D eigenvalue weighted by atomic mass is 16.6. The average molecular weight is 298 g/mol. The predicted molar refractivity (Wildman–Crippen MR) is 85.4 cm³/mol. The van der Waals surface area contributed by atoms with Gasteiger partial charge in [-0.1, -0.05) is 19.8 Å². The maximum Gasteiger partial charge on any atom is 0.410 e. The maximum absolute atomic E-state index is 12.0. The number of nitrogens with two attached hydrogens (primary N) is 1. The van der Waals surface area contributed by atoms with E-state index in [1.165, 1.54) is 12.8 Å². The molecule has 1 aliphatic rings. The Morgan fingerprint density at radius 3 is 2.24 bits per heavy atom. The van der Waals surface area contributed by atoms with Crippen LogP contribution < -0.4 is 5.73 Å². The number of guanidine groups is 1. The number of rotatable bonds is 4. The molecule has 1 aliphatic heterocycles. The lowest BCUT2D eigenvalue weighted by Gasteiger charge is -2.36. The molecule has 0 saturated carbocycles. The van der Waals surface area contributed by atoms with Gasteiger partial charge in [0.2, 0.25) is 0 Å². The number of carbonyl (C=O) groups is 1. The molecule has 1 fully saturated rings. The Balaban J connectivity index is 2.36. The number of hydrogen-bond donors (Lipinski definition) is 1. The van der Waals surface area contributed by atoms with Crippen LogP contribution in [0.25, 0.3) is 0 Å². The Morgan fingerprint density at radius 2 is 1.71 bits per heavy atom. The van der Waals surface area contributed by atoms with E-state index in [1.807, 2.05) is 25.7 Å². The van der Waals surface area contributed by atoms with E-state index in [0.29, 0.717) is 32.1 Å². The van der Waals surface area contributed by atoms with Crippen molar-refractivity contribution >= 4 is 12.1 Å². The van der Waals surface area contributed by atoms with E-state index in [2.05, 4.69) is 11.9 Å². The first-order chi connectivity index (χ1) is 9.83. The minimum absolute atomic E-state index is 0.249. The van der Waals surface area contributed by atoms with Crippen LogP contribution in [-0.2, 0) is 4.74 Å². The summed E-state index contributed by atoms with van der Waals surface area (Å²) in [4.78, 5) is 20.1. The van der Waals surface area contributed by atoms with Crippen LogP contribution in [0.15, 0.2) is 4.99 Å². The molecule has 122 valence electrons. The Hall–Kier alpha value is -1.46. The summed E-state index contributed by atoms with van der Waals surface area (Å²) >= 11 is 0. The molecule has 2 N–H and O–H groups in total. The molecule has 0 aromatic heterocycles. The second-order valence-corrected chi connectivity index (χ2v) is 6.40. The summed E-state index contributed by atoms with van der Waals surface area (Å²) < 4.78 is 5.37. The summed E-state index contributed by atoms with van der Waals surface area (Å²) in [6.07, 6.45) is 3.20. The van der Waals surface area contributed by atoms with Gasteiger partial charge in [0.25, 0.3) is 0 Å². The molecule has 6 heteroatoms. The molecule has 0 atom stereocenters. The number of aliphatic imine (C=N–C) groups is 1. The van der Waals surface area contributed by atoms with Gasteiger partial charge in [-0.15, -0.1) is 0 Å². The Kier molecular flexibility index (Phi) is 6.78. The molecule has 1 saturated heterocycles. The highest BCUT2D eigenvalue weighted by Gasteiger charge is 2.26. The molecule has 0 aromatic rings. The SMILES string of the molecule is CCCCCN=C(N)N1CCN(C(=O)OC(C)(C)C)CC1. The lowest BCUT2D eigenvalue weighted by Crippen LogP contribution is -2.53. The summed E-state index contributed by atoms with van der Waals surface area (Å²) in [6, 6.07) is 0. The lowest BCUT2D eigenvalue weighted by molar-refractivity contribution is 0.0186. The number of carbonyl (C=O) groups excluding carboxylic acids is 1. The van der Waals surface area contributed by atoms with E-state index in [9.17, 15) is 4.79 Å². The molecule has 0 aromatic carbocycles. The fourth-order valence-electron chi connectivity index (χ4n) is 2.10. The quantitative estimate of drug-likeness (QED) is 0.490. The third-order valence-corrected chi connectivity index (χ3v) is 3.29. The van der Waals surface area contributed by atoms with Crippen LogP contribution in [0.2, 0.25) is 0 Å². The topological polar surface area (TPSA) is 71.2 Å². The van der Waals surface area contributed by atoms with Crippen LogP contribution in [0.4, 0.5) is 4.79 Å². The average Bonchev–Trinajstić information content (AvgIpc) is 2.41. The molecule has 1 rings (SSSR count). The first kappa shape index (κ1) is 17.6. The summed E-state index contributed by atoms with van der Waals surface area (Å²) in [5.74, 6) is 0.593. The van der Waals surface area contributed by atoms with Gasteiger partial charge in [0.1, 0.15) is 5.60 Å². The predicted octanol–water partition coefficient (Wildman–Crippen LogP) is 2.04. The third kappa shape index (κ3) is 6.69. The molecule has 0 aliphatic carbocycles. The highest BCUT2D eigenvalue weighted by Crippen LogP contribution is 2.11. The number of nitrogens with zero attached hydrogens (tertiary/aromatic N) is 3. The molecule has 21 heavy (non-hydrogen) atoms. The monoisotopic (exact) mass is 298 g/mol. The Labute approximate surface area is 128 Å². The van der Waals surface area contributed by atoms with E-state index in [0.717, 1.165) is 13.0 Å². The zero-order valence-electron chi connectivity index (χ0n) is 13.9. The van der Waals surface area contributed by atoms with Crippen molar-refractivity contribution in [3.05, 3.63) is 0 Å². The number of unbranched alkanes of at least 4 members (excludes halogenated alkanes) is 2. The number of ether oxygens (including phenoxy) is 1. The van der Waals surface area contributed by atoms with Crippen molar-refractivity contribution in [2.45, 2.75) is 52.6 Å². The van der Waals surface area contributed by atoms with Crippen LogP contribution >= 0.6 is 0 Å². The maximum atomic E-state index is 12.0. The fourth-order valence-corrected chi connectivity index (χ4v) is 2.10. The number of piperazine rings is 1. The number of hydrogen-bond acceptors (Lipinski definition) is 3. The molecule has 1 amide bonds. The van der Waals surface area contributed by atoms with E-state index in [4.69, 9.17) is 10.5 Å². The molecule has 6 nitrogen and oxygen atoms in total. The van der Waals surface area contributed by atoms with Gasteiger partial charge in [0.05, 0.1) is 0 Å². The first-order valence-corrected chi connectivity index (χ1v) is 7.86. The van der Waals surface area contributed by atoms with E-state index < -0.39 is 5.60 Å². The molecule has 0 spiro atoms. The lowest BCUT2D eigenvalue weighted by atomic mass is 10.2. The van der Waals surface area contributed by atoms with Crippen LogP contribution in [0.3, 0.4) is 0 Å². The van der Waals surface area contributed by atoms with Crippen molar-refractivity contribution in [2.75, 3.05) is 32.7 Å². The smallest absolute Gasteiger partial charge is 0.410 e. The molecule has 1 heterocycles. The van der Waals surface area contributed by atoms with E-state index in [-0.39, 0.29) is 6.09 Å². The van der Waals surface area contributed by atoms with Gasteiger partial charge in [0.15, 0.2) is 5.96 Å². The van der Waals surface area contributed by atoms with Crippen LogP contribution in [0.5, 0.6) is 0 Å². The van der Waals surface area contributed by atoms with Crippen LogP contribution in [0, 0.1) is 0 Å². The van der Waals surface area contributed by atoms with E-state index >= 15 is 0 Å². The zero-order chi connectivity index (χ0) is 15.9. The minimum atomic E-state index is -0.450. The standard InChI is InChI=1S/C15H30N4O2/c1-5-6-7-8-17-13(16)18-9-11-19(12-10-18)14(20)21-15(2,3)4/h5-12H2,1-4H3,(H2,16,17). The van der Waals surface area contributed by atoms with Gasteiger partial charge in [-0.25, -0.2) is 4.79 Å². The summed E-state index contributed by atoms with van der Waals surface area (Å²) in [6.45, 7) is 11.3. The van der Waals surface area contributed by atoms with Crippen molar-refractivity contribution in [3.8, 4) is 0 Å². The normalized spacial score (nSPS) is 17.0. The second-order valence-electron chi connectivity index (χ2n) is 6.40.